The van der Waals surface area contributed by atoms with E-state index >= 15 is 0 Å². The van der Waals surface area contributed by atoms with Gasteiger partial charge in [-0.05, 0) is 45.0 Å². The zero-order chi connectivity index (χ0) is 13.2. The second kappa shape index (κ2) is 6.15. The highest BCUT2D eigenvalue weighted by molar-refractivity contribution is 8.00. The van der Waals surface area contributed by atoms with Crippen molar-refractivity contribution in [2.24, 2.45) is 5.92 Å². The molecule has 0 aromatic carbocycles. The van der Waals surface area contributed by atoms with Gasteiger partial charge in [-0.1, -0.05) is 26.7 Å². The van der Waals surface area contributed by atoms with Crippen LogP contribution in [0.4, 0.5) is 0 Å². The molecule has 2 aliphatic rings. The molecule has 1 heterocycles. The Morgan fingerprint density at radius 3 is 2.61 bits per heavy atom. The molecule has 4 unspecified atom stereocenters. The Morgan fingerprint density at radius 2 is 2.06 bits per heavy atom. The molecule has 2 nitrogen and oxygen atoms in total. The fraction of sp³-hybridized carbons (Fsp3) is 1.00. The van der Waals surface area contributed by atoms with E-state index in [1.165, 1.54) is 44.4 Å². The van der Waals surface area contributed by atoms with E-state index in [9.17, 15) is 0 Å². The summed E-state index contributed by atoms with van der Waals surface area (Å²) in [6, 6.07) is 0.740. The van der Waals surface area contributed by atoms with Crippen molar-refractivity contribution >= 4 is 11.8 Å². The van der Waals surface area contributed by atoms with Crippen LogP contribution in [0.5, 0.6) is 0 Å². The molecule has 4 atom stereocenters. The van der Waals surface area contributed by atoms with Crippen molar-refractivity contribution in [1.82, 2.24) is 10.2 Å². The highest BCUT2D eigenvalue weighted by Gasteiger charge is 2.37. The van der Waals surface area contributed by atoms with Crippen molar-refractivity contribution in [3.05, 3.63) is 0 Å². The van der Waals surface area contributed by atoms with Gasteiger partial charge in [0.25, 0.3) is 0 Å². The van der Waals surface area contributed by atoms with Crippen molar-refractivity contribution in [3.8, 4) is 0 Å². The summed E-state index contributed by atoms with van der Waals surface area (Å²) >= 11 is 2.12. The fourth-order valence-corrected chi connectivity index (χ4v) is 4.90. The minimum atomic E-state index is 0.407. The molecule has 1 saturated heterocycles. The quantitative estimate of drug-likeness (QED) is 0.845. The second-order valence-corrected chi connectivity index (χ2v) is 8.16. The van der Waals surface area contributed by atoms with Gasteiger partial charge in [-0.2, -0.15) is 11.8 Å². The molecule has 1 N–H and O–H groups in total. The first-order valence-corrected chi connectivity index (χ1v) is 8.61. The third kappa shape index (κ3) is 3.23. The Kier molecular flexibility index (Phi) is 5.01. The summed E-state index contributed by atoms with van der Waals surface area (Å²) in [6.07, 6.45) is 6.90. The van der Waals surface area contributed by atoms with Gasteiger partial charge in [0, 0.05) is 23.4 Å². The maximum atomic E-state index is 3.88. The molecule has 1 aliphatic carbocycles. The maximum Gasteiger partial charge on any atom is 0.0330 e. The van der Waals surface area contributed by atoms with Crippen LogP contribution in [0.25, 0.3) is 0 Å². The van der Waals surface area contributed by atoms with Crippen molar-refractivity contribution in [2.45, 2.75) is 62.8 Å². The van der Waals surface area contributed by atoms with Crippen LogP contribution in [-0.4, -0.2) is 48.1 Å². The van der Waals surface area contributed by atoms with Crippen molar-refractivity contribution < 1.29 is 0 Å². The Bertz CT molecular complexity index is 269. The van der Waals surface area contributed by atoms with Gasteiger partial charge in [-0.3, -0.25) is 0 Å². The lowest BCUT2D eigenvalue weighted by atomic mass is 9.75. The fourth-order valence-electron chi connectivity index (χ4n) is 3.68. The molecule has 0 bridgehead atoms. The van der Waals surface area contributed by atoms with E-state index in [1.54, 1.807) is 0 Å². The zero-order valence-electron chi connectivity index (χ0n) is 12.5. The monoisotopic (exact) mass is 270 g/mol. The normalized spacial score (nSPS) is 41.5. The minimum absolute atomic E-state index is 0.407. The first-order chi connectivity index (χ1) is 8.53. The lowest BCUT2D eigenvalue weighted by molar-refractivity contribution is 0.0724. The largest absolute Gasteiger partial charge is 0.311 e. The molecule has 3 heteroatoms. The Balaban J connectivity index is 1.93. The van der Waals surface area contributed by atoms with Gasteiger partial charge in [-0.25, -0.2) is 0 Å². The second-order valence-electron chi connectivity index (χ2n) is 6.67. The Hall–Kier alpha value is 0.270. The molecule has 0 spiro atoms. The van der Waals surface area contributed by atoms with Crippen LogP contribution in [0.2, 0.25) is 0 Å². The number of nitrogens with one attached hydrogen (secondary N) is 1. The molecule has 0 radical (unpaired) electrons. The average Bonchev–Trinajstić information content (AvgIpc) is 2.72. The third-order valence-electron chi connectivity index (χ3n) is 5.09. The van der Waals surface area contributed by atoms with E-state index in [1.807, 2.05) is 0 Å². The summed E-state index contributed by atoms with van der Waals surface area (Å²) in [6.45, 7) is 5.98. The standard InChI is InChI=1S/C15H30N2S/c1-12-6-5-8-15(10-12,17(3)4)11-16-14-7-9-18-13(14)2/h12-14,16H,5-11H2,1-4H3. The Morgan fingerprint density at radius 1 is 1.28 bits per heavy atom. The van der Waals surface area contributed by atoms with Crippen LogP contribution in [0, 0.1) is 5.92 Å². The molecule has 1 aliphatic heterocycles. The summed E-state index contributed by atoms with van der Waals surface area (Å²) in [5.41, 5.74) is 0.407. The van der Waals surface area contributed by atoms with Gasteiger partial charge in [0.2, 0.25) is 0 Å². The third-order valence-corrected chi connectivity index (χ3v) is 6.41. The molecule has 2 fully saturated rings. The molecule has 0 aromatic heterocycles. The highest BCUT2D eigenvalue weighted by Crippen LogP contribution is 2.36. The van der Waals surface area contributed by atoms with Gasteiger partial charge in [0.05, 0.1) is 0 Å². The molecular formula is C15H30N2S. The molecule has 0 aromatic rings. The van der Waals surface area contributed by atoms with Crippen LogP contribution in [0.15, 0.2) is 0 Å². The topological polar surface area (TPSA) is 15.3 Å². The molecule has 18 heavy (non-hydrogen) atoms. The zero-order valence-corrected chi connectivity index (χ0v) is 13.4. The summed E-state index contributed by atoms with van der Waals surface area (Å²) < 4.78 is 0. The summed E-state index contributed by atoms with van der Waals surface area (Å²) in [4.78, 5) is 2.49. The van der Waals surface area contributed by atoms with E-state index in [2.05, 4.69) is 49.9 Å². The van der Waals surface area contributed by atoms with Crippen LogP contribution < -0.4 is 5.32 Å². The van der Waals surface area contributed by atoms with Gasteiger partial charge < -0.3 is 10.2 Å². The van der Waals surface area contributed by atoms with Gasteiger partial charge in [-0.15, -0.1) is 0 Å². The molecule has 1 saturated carbocycles. The average molecular weight is 270 g/mol. The van der Waals surface area contributed by atoms with Crippen LogP contribution in [-0.2, 0) is 0 Å². The first-order valence-electron chi connectivity index (χ1n) is 7.56. The number of thioether (sulfide) groups is 1. The highest BCUT2D eigenvalue weighted by atomic mass is 32.2. The van der Waals surface area contributed by atoms with Gasteiger partial charge in [0.1, 0.15) is 0 Å². The SMILES string of the molecule is CC1CCCC(CNC2CCSC2C)(N(C)C)C1. The number of nitrogens with zero attached hydrogens (tertiary/aromatic N) is 1. The number of hydrogen-bond donors (Lipinski definition) is 1. The Labute approximate surface area is 117 Å². The molecule has 106 valence electrons. The van der Waals surface area contributed by atoms with E-state index in [-0.39, 0.29) is 0 Å². The predicted molar refractivity (Wildman–Crippen MR) is 82.4 cm³/mol. The van der Waals surface area contributed by atoms with Crippen molar-refractivity contribution in [3.63, 3.8) is 0 Å². The van der Waals surface area contributed by atoms with E-state index in [4.69, 9.17) is 0 Å². The summed E-state index contributed by atoms with van der Waals surface area (Å²) in [7, 11) is 4.54. The van der Waals surface area contributed by atoms with Crippen LogP contribution in [0.1, 0.15) is 46.0 Å². The minimum Gasteiger partial charge on any atom is -0.311 e. The van der Waals surface area contributed by atoms with E-state index in [0.29, 0.717) is 5.54 Å². The molecule has 2 rings (SSSR count). The first kappa shape index (κ1) is 14.7. The van der Waals surface area contributed by atoms with Crippen molar-refractivity contribution in [1.29, 1.82) is 0 Å². The predicted octanol–water partition coefficient (Wildman–Crippen LogP) is 2.98. The molecule has 0 amide bonds. The summed E-state index contributed by atoms with van der Waals surface area (Å²) in [5, 5.41) is 4.68. The van der Waals surface area contributed by atoms with Gasteiger partial charge >= 0.3 is 0 Å². The maximum absolute atomic E-state index is 3.88. The number of hydrogen-bond acceptors (Lipinski definition) is 3. The van der Waals surface area contributed by atoms with Crippen LogP contribution in [0.3, 0.4) is 0 Å². The number of rotatable bonds is 4. The lowest BCUT2D eigenvalue weighted by Gasteiger charge is -2.46. The van der Waals surface area contributed by atoms with Gasteiger partial charge in [0.15, 0.2) is 0 Å². The summed E-state index contributed by atoms with van der Waals surface area (Å²) in [5.74, 6) is 2.22. The number of likely N-dealkylation sites (N-methyl/N-ethyl adjacent to an activating group) is 1. The van der Waals surface area contributed by atoms with Crippen LogP contribution >= 0.6 is 11.8 Å². The molecular weight excluding hydrogens is 240 g/mol. The van der Waals surface area contributed by atoms with E-state index < -0.39 is 0 Å². The van der Waals surface area contributed by atoms with E-state index in [0.717, 1.165) is 17.2 Å². The van der Waals surface area contributed by atoms with Crippen molar-refractivity contribution in [2.75, 3.05) is 26.4 Å². The smallest absolute Gasteiger partial charge is 0.0330 e. The lowest BCUT2D eigenvalue weighted by Crippen LogP contribution is -2.56.